The van der Waals surface area contributed by atoms with Crippen LogP contribution in [0.3, 0.4) is 0 Å². The van der Waals surface area contributed by atoms with E-state index in [1.165, 1.54) is 0 Å². The van der Waals surface area contributed by atoms with Gasteiger partial charge in [-0.3, -0.25) is 14.5 Å². The SMILES string of the molecule is CCOC(=O)C1CCCCN1CC(=O)N1N=C(c2ccccc2)CC1c1ccc(Cl)cc1. The van der Waals surface area contributed by atoms with Gasteiger partial charge in [-0.15, -0.1) is 0 Å². The smallest absolute Gasteiger partial charge is 0.323 e. The summed E-state index contributed by atoms with van der Waals surface area (Å²) in [6.45, 7) is 2.98. The third-order valence-electron chi connectivity index (χ3n) is 6.04. The Morgan fingerprint density at radius 2 is 1.84 bits per heavy atom. The van der Waals surface area contributed by atoms with Gasteiger partial charge >= 0.3 is 5.97 Å². The van der Waals surface area contributed by atoms with Crippen LogP contribution in [0.15, 0.2) is 59.7 Å². The topological polar surface area (TPSA) is 62.2 Å². The van der Waals surface area contributed by atoms with Gasteiger partial charge in [-0.2, -0.15) is 5.10 Å². The second kappa shape index (κ2) is 10.3. The van der Waals surface area contributed by atoms with Gasteiger partial charge in [-0.05, 0) is 49.6 Å². The standard InChI is InChI=1S/C25H28ClN3O3/c1-2-32-25(31)22-10-6-7-15-28(22)17-24(30)29-23(19-11-13-20(26)14-12-19)16-21(27-29)18-8-4-3-5-9-18/h3-5,8-9,11-14,22-23H,2,6-7,10,15-17H2,1H3. The van der Waals surface area contributed by atoms with Crippen molar-refractivity contribution in [3.05, 3.63) is 70.7 Å². The number of hydrogen-bond donors (Lipinski definition) is 0. The number of likely N-dealkylation sites (tertiary alicyclic amines) is 1. The fourth-order valence-electron chi connectivity index (χ4n) is 4.42. The zero-order valence-electron chi connectivity index (χ0n) is 18.2. The molecule has 2 aliphatic heterocycles. The van der Waals surface area contributed by atoms with Gasteiger partial charge in [0.05, 0.1) is 24.9 Å². The van der Waals surface area contributed by atoms with Crippen molar-refractivity contribution in [2.24, 2.45) is 5.10 Å². The van der Waals surface area contributed by atoms with Crippen molar-refractivity contribution < 1.29 is 14.3 Å². The van der Waals surface area contributed by atoms with Crippen LogP contribution in [-0.2, 0) is 14.3 Å². The van der Waals surface area contributed by atoms with Gasteiger partial charge in [0.2, 0.25) is 0 Å². The second-order valence-electron chi connectivity index (χ2n) is 8.16. The van der Waals surface area contributed by atoms with E-state index in [9.17, 15) is 9.59 Å². The van der Waals surface area contributed by atoms with Crippen LogP contribution < -0.4 is 0 Å². The minimum absolute atomic E-state index is 0.118. The van der Waals surface area contributed by atoms with Crippen molar-refractivity contribution in [1.82, 2.24) is 9.91 Å². The zero-order chi connectivity index (χ0) is 22.5. The maximum atomic E-state index is 13.5. The van der Waals surface area contributed by atoms with Crippen molar-refractivity contribution >= 4 is 29.2 Å². The molecule has 2 atom stereocenters. The van der Waals surface area contributed by atoms with Gasteiger partial charge in [0.25, 0.3) is 5.91 Å². The number of ether oxygens (including phenoxy) is 1. The van der Waals surface area contributed by atoms with Gasteiger partial charge in [0, 0.05) is 11.4 Å². The van der Waals surface area contributed by atoms with Crippen molar-refractivity contribution in [2.45, 2.75) is 44.7 Å². The van der Waals surface area contributed by atoms with Crippen LogP contribution in [-0.4, -0.2) is 53.2 Å². The van der Waals surface area contributed by atoms with E-state index in [0.29, 0.717) is 31.0 Å². The number of nitrogens with zero attached hydrogens (tertiary/aromatic N) is 3. The van der Waals surface area contributed by atoms with Crippen LogP contribution >= 0.6 is 11.6 Å². The van der Waals surface area contributed by atoms with Gasteiger partial charge in [0.1, 0.15) is 6.04 Å². The molecule has 0 aromatic heterocycles. The first-order chi connectivity index (χ1) is 15.6. The van der Waals surface area contributed by atoms with Crippen molar-refractivity contribution in [2.75, 3.05) is 19.7 Å². The molecule has 0 bridgehead atoms. The molecule has 0 spiro atoms. The number of rotatable bonds is 6. The number of hydrogen-bond acceptors (Lipinski definition) is 5. The fraction of sp³-hybridized carbons (Fsp3) is 0.400. The molecule has 0 saturated carbocycles. The Hall–Kier alpha value is -2.70. The Kier molecular flexibility index (Phi) is 7.22. The van der Waals surface area contributed by atoms with E-state index in [0.717, 1.165) is 29.7 Å². The summed E-state index contributed by atoms with van der Waals surface area (Å²) in [7, 11) is 0. The molecule has 2 aromatic rings. The molecule has 1 fully saturated rings. The Labute approximate surface area is 193 Å². The molecule has 0 aliphatic carbocycles. The maximum Gasteiger partial charge on any atom is 0.323 e. The first kappa shape index (κ1) is 22.5. The quantitative estimate of drug-likeness (QED) is 0.607. The lowest BCUT2D eigenvalue weighted by atomic mass is 9.98. The molecule has 168 valence electrons. The largest absolute Gasteiger partial charge is 0.465 e. The van der Waals surface area contributed by atoms with Crippen LogP contribution in [0, 0.1) is 0 Å². The second-order valence-corrected chi connectivity index (χ2v) is 8.59. The number of amides is 1. The minimum atomic E-state index is -0.373. The number of carbonyl (C=O) groups is 2. The number of benzene rings is 2. The van der Waals surface area contributed by atoms with E-state index in [4.69, 9.17) is 21.4 Å². The van der Waals surface area contributed by atoms with E-state index in [2.05, 4.69) is 0 Å². The lowest BCUT2D eigenvalue weighted by Crippen LogP contribution is -2.49. The van der Waals surface area contributed by atoms with Gasteiger partial charge in [-0.25, -0.2) is 5.01 Å². The average molecular weight is 454 g/mol. The highest BCUT2D eigenvalue weighted by Gasteiger charge is 2.37. The molecule has 32 heavy (non-hydrogen) atoms. The van der Waals surface area contributed by atoms with E-state index >= 15 is 0 Å². The predicted octanol–water partition coefficient (Wildman–Crippen LogP) is 4.44. The maximum absolute atomic E-state index is 13.5. The number of piperidine rings is 1. The summed E-state index contributed by atoms with van der Waals surface area (Å²) in [6.07, 6.45) is 3.26. The Balaban J connectivity index is 1.58. The summed E-state index contributed by atoms with van der Waals surface area (Å²) < 4.78 is 5.25. The molecule has 6 nitrogen and oxygen atoms in total. The Morgan fingerprint density at radius 1 is 1.09 bits per heavy atom. The van der Waals surface area contributed by atoms with Crippen molar-refractivity contribution in [1.29, 1.82) is 0 Å². The average Bonchev–Trinajstić information content (AvgIpc) is 3.26. The Bertz CT molecular complexity index is 978. The zero-order valence-corrected chi connectivity index (χ0v) is 19.0. The first-order valence-electron chi connectivity index (χ1n) is 11.2. The summed E-state index contributed by atoms with van der Waals surface area (Å²) >= 11 is 6.08. The summed E-state index contributed by atoms with van der Waals surface area (Å²) in [5.41, 5.74) is 2.86. The highest BCUT2D eigenvalue weighted by atomic mass is 35.5. The molecule has 2 aromatic carbocycles. The van der Waals surface area contributed by atoms with Crippen LogP contribution in [0.1, 0.15) is 49.8 Å². The normalized spacial score (nSPS) is 21.3. The van der Waals surface area contributed by atoms with Crippen LogP contribution in [0.2, 0.25) is 5.02 Å². The first-order valence-corrected chi connectivity index (χ1v) is 11.6. The minimum Gasteiger partial charge on any atom is -0.465 e. The number of esters is 1. The molecule has 2 unspecified atom stereocenters. The van der Waals surface area contributed by atoms with Crippen LogP contribution in [0.4, 0.5) is 0 Å². The number of hydrazone groups is 1. The van der Waals surface area contributed by atoms with Gasteiger partial charge < -0.3 is 4.74 Å². The lowest BCUT2D eigenvalue weighted by Gasteiger charge is -2.34. The molecule has 4 rings (SSSR count). The molecule has 2 heterocycles. The van der Waals surface area contributed by atoms with E-state index in [1.54, 1.807) is 11.9 Å². The summed E-state index contributed by atoms with van der Waals surface area (Å²) in [4.78, 5) is 27.8. The molecular weight excluding hydrogens is 426 g/mol. The number of carbonyl (C=O) groups excluding carboxylic acids is 2. The highest BCUT2D eigenvalue weighted by molar-refractivity contribution is 6.30. The summed E-state index contributed by atoms with van der Waals surface area (Å²) in [6, 6.07) is 16.9. The van der Waals surface area contributed by atoms with E-state index in [-0.39, 0.29) is 30.5 Å². The molecule has 1 saturated heterocycles. The Morgan fingerprint density at radius 3 is 2.56 bits per heavy atom. The van der Waals surface area contributed by atoms with Gasteiger partial charge in [0.15, 0.2) is 0 Å². The third kappa shape index (κ3) is 5.03. The summed E-state index contributed by atoms with van der Waals surface area (Å²) in [5, 5.41) is 6.97. The van der Waals surface area contributed by atoms with Crippen molar-refractivity contribution in [3.63, 3.8) is 0 Å². The molecule has 2 aliphatic rings. The lowest BCUT2D eigenvalue weighted by molar-refractivity contribution is -0.152. The van der Waals surface area contributed by atoms with E-state index < -0.39 is 0 Å². The molecule has 0 N–H and O–H groups in total. The predicted molar refractivity (Wildman–Crippen MR) is 124 cm³/mol. The van der Waals surface area contributed by atoms with Crippen LogP contribution in [0.25, 0.3) is 0 Å². The fourth-order valence-corrected chi connectivity index (χ4v) is 4.55. The van der Waals surface area contributed by atoms with Crippen molar-refractivity contribution in [3.8, 4) is 0 Å². The summed E-state index contributed by atoms with van der Waals surface area (Å²) in [5.74, 6) is -0.365. The molecule has 1 amide bonds. The highest BCUT2D eigenvalue weighted by Crippen LogP contribution is 2.33. The van der Waals surface area contributed by atoms with Crippen LogP contribution in [0.5, 0.6) is 0 Å². The molecule has 0 radical (unpaired) electrons. The molecular formula is C25H28ClN3O3. The van der Waals surface area contributed by atoms with Gasteiger partial charge in [-0.1, -0.05) is 60.5 Å². The third-order valence-corrected chi connectivity index (χ3v) is 6.29. The molecule has 7 heteroatoms. The number of halogens is 1. The van der Waals surface area contributed by atoms with E-state index in [1.807, 2.05) is 59.5 Å². The monoisotopic (exact) mass is 453 g/mol.